The maximum Gasteiger partial charge on any atom is 0.506 e. The minimum Gasteiger partial charge on any atom is -0.430 e. The molecule has 0 unspecified atom stereocenters. The van der Waals surface area contributed by atoms with Gasteiger partial charge in [-0.2, -0.15) is 0 Å². The fourth-order valence-corrected chi connectivity index (χ4v) is 93.2. The first-order valence-corrected chi connectivity index (χ1v) is 87.6. The maximum atomic E-state index is 8.30. The molecule has 0 N–H and O–H groups in total. The van der Waals surface area contributed by atoms with Gasteiger partial charge in [0.25, 0.3) is 0 Å². The molecule has 12 nitrogen and oxygen atoms in total. The summed E-state index contributed by atoms with van der Waals surface area (Å²) >= 11 is 0. The Kier molecular flexibility index (Phi) is 33.5. The van der Waals surface area contributed by atoms with E-state index < -0.39 is 143 Å². The zero-order chi connectivity index (χ0) is 86.4. The van der Waals surface area contributed by atoms with Gasteiger partial charge in [0.2, 0.25) is 33.3 Å². The number of hydrogen-bond donors (Lipinski definition) is 0. The lowest BCUT2D eigenvalue weighted by atomic mass is 10.4. The van der Waals surface area contributed by atoms with Crippen LogP contribution in [-0.2, 0) is 49.4 Å². The first-order valence-electron chi connectivity index (χ1n) is 41.8. The van der Waals surface area contributed by atoms with Gasteiger partial charge in [-0.3, -0.25) is 0 Å². The fraction of sp³-hybridized carbons (Fsp3) is 0.364. The normalized spacial score (nSPS) is 13.9. The van der Waals surface area contributed by atoms with Crippen LogP contribution in [0, 0.1) is 0 Å². The summed E-state index contributed by atoms with van der Waals surface area (Å²) in [6.07, 6.45) is 0. The monoisotopic (exact) mass is 1860 g/mol. The lowest BCUT2D eigenvalue weighted by Crippen LogP contribution is -2.71. The van der Waals surface area contributed by atoms with Crippen LogP contribution in [0.5, 0.6) is 0 Å². The molecule has 8 aromatic carbocycles. The highest BCUT2D eigenvalue weighted by molar-refractivity contribution is 7.06. The summed E-state index contributed by atoms with van der Waals surface area (Å²) in [6.45, 7) is 72.6. The third-order valence-corrected chi connectivity index (χ3v) is 87.0. The van der Waals surface area contributed by atoms with Gasteiger partial charge < -0.3 is 49.4 Å². The fourth-order valence-electron chi connectivity index (χ4n) is 14.4. The molecular weight excluding hydrogens is 1730 g/mol. The van der Waals surface area contributed by atoms with Gasteiger partial charge in [-0.05, 0) is 237 Å². The molecule has 0 bridgehead atoms. The minimum atomic E-state index is -3.58. The number of hydrogen-bond acceptors (Lipinski definition) is 12. The second-order valence-corrected chi connectivity index (χ2v) is 105. The molecule has 0 atom stereocenters. The van der Waals surface area contributed by atoms with E-state index in [0.717, 1.165) is 89.8 Å². The predicted molar refractivity (Wildman–Crippen MR) is 539 cm³/mol. The molecule has 0 radical (unpaired) electrons. The molecule has 0 aliphatic heterocycles. The summed E-state index contributed by atoms with van der Waals surface area (Å²) in [5.74, 6) is 0. The van der Waals surface area contributed by atoms with E-state index >= 15 is 0 Å². The Hall–Kier alpha value is -4.07. The Balaban J connectivity index is 1.09. The third kappa shape index (κ3) is 28.0. The zero-order valence-electron chi connectivity index (χ0n) is 75.3. The van der Waals surface area contributed by atoms with Crippen molar-refractivity contribution in [1.82, 2.24) is 0 Å². The van der Waals surface area contributed by atoms with Gasteiger partial charge in [-0.1, -0.05) is 265 Å². The van der Waals surface area contributed by atoms with Crippen molar-refractivity contribution in [2.75, 3.05) is 0 Å². The molecular formula is C88H140O12Si17. The van der Waals surface area contributed by atoms with Crippen molar-refractivity contribution in [3.05, 3.63) is 292 Å². The van der Waals surface area contributed by atoms with Gasteiger partial charge in [-0.15, -0.1) is 26.3 Å². The quantitative estimate of drug-likeness (QED) is 0.0339. The minimum absolute atomic E-state index is 0.833. The molecule has 0 saturated carbocycles. The van der Waals surface area contributed by atoms with Crippen LogP contribution < -0.4 is 41.5 Å². The molecule has 8 aromatic rings. The van der Waals surface area contributed by atoms with Gasteiger partial charge >= 0.3 is 43.3 Å². The van der Waals surface area contributed by atoms with E-state index in [1.54, 1.807) is 0 Å². The second kappa shape index (κ2) is 39.8. The average Bonchev–Trinajstić information content (AvgIpc) is 0.760. The van der Waals surface area contributed by atoms with Crippen molar-refractivity contribution in [1.29, 1.82) is 0 Å². The molecule has 117 heavy (non-hydrogen) atoms. The predicted octanol–water partition coefficient (Wildman–Crippen LogP) is 20.0. The van der Waals surface area contributed by atoms with Crippen LogP contribution in [-0.4, -0.2) is 143 Å². The molecule has 0 amide bonds. The second-order valence-electron chi connectivity index (χ2n) is 38.4. The summed E-state index contributed by atoms with van der Waals surface area (Å²) in [6, 6.07) is 93.0. The molecule has 0 saturated heterocycles. The molecule has 0 aliphatic rings. The molecule has 8 rings (SSSR count). The maximum absolute atomic E-state index is 8.30. The standard InChI is InChI=1S/C88H140O12Si17/c1-29-101(5,6)95-116(96-102(7,8)30-2,87-69-53-39-54-70-87)99-111(25,26)79-77-109(21,22)93-114(83-61-45-35-46-62-83,84-63-47-36-48-64-84)91-107(17,18)75-73-105(13,14)89-113(81-57-41-33-42-58-81,82-59-43-34-44-60-82)90-106(15,16)74-76-108(19,20)92-115(85-65-49-37-50-66-85,86-67-51-38-52-68-86)94-110(23,24)78-80-112(27,28)100-117(97-103(9,10)31-3,98-104(11,12)32-4)88-71-55-40-56-72-88/h29-72H,1-4,73-80H2,5-28H3. The highest BCUT2D eigenvalue weighted by atomic mass is 28.5. The summed E-state index contributed by atoms with van der Waals surface area (Å²) in [5, 5.41) is 8.61. The topological polar surface area (TPSA) is 111 Å². The van der Waals surface area contributed by atoms with E-state index in [0.29, 0.717) is 0 Å². The first kappa shape index (κ1) is 98.4. The number of benzene rings is 8. The van der Waals surface area contributed by atoms with Crippen LogP contribution in [0.2, 0.25) is 205 Å². The van der Waals surface area contributed by atoms with Crippen molar-refractivity contribution in [3.63, 3.8) is 0 Å². The molecule has 0 aliphatic carbocycles. The zero-order valence-corrected chi connectivity index (χ0v) is 92.3. The Labute approximate surface area is 724 Å². The van der Waals surface area contributed by atoms with Crippen LogP contribution in [0.1, 0.15) is 0 Å². The van der Waals surface area contributed by atoms with Gasteiger partial charge in [0.15, 0.2) is 66.5 Å². The Morgan fingerprint density at radius 2 is 0.291 bits per heavy atom. The Morgan fingerprint density at radius 3 is 0.419 bits per heavy atom. The van der Waals surface area contributed by atoms with Crippen LogP contribution in [0.15, 0.2) is 292 Å². The van der Waals surface area contributed by atoms with Gasteiger partial charge in [0, 0.05) is 10.4 Å². The molecule has 632 valence electrons. The lowest BCUT2D eigenvalue weighted by molar-refractivity contribution is 0.272. The first-order chi connectivity index (χ1) is 54.4. The summed E-state index contributed by atoms with van der Waals surface area (Å²) in [4.78, 5) is 0. The van der Waals surface area contributed by atoms with E-state index in [1.807, 2.05) is 34.9 Å². The summed E-state index contributed by atoms with van der Waals surface area (Å²) in [5.41, 5.74) is 7.95. The molecule has 0 aromatic heterocycles. The van der Waals surface area contributed by atoms with Crippen molar-refractivity contribution in [3.8, 4) is 0 Å². The lowest BCUT2D eigenvalue weighted by Gasteiger charge is -2.46. The highest BCUT2D eigenvalue weighted by Gasteiger charge is 2.59. The Bertz CT molecular complexity index is 4050. The largest absolute Gasteiger partial charge is 0.506 e. The van der Waals surface area contributed by atoms with Crippen molar-refractivity contribution < 1.29 is 49.4 Å². The smallest absolute Gasteiger partial charge is 0.430 e. The third-order valence-electron chi connectivity index (χ3n) is 21.4. The van der Waals surface area contributed by atoms with Crippen LogP contribution in [0.3, 0.4) is 0 Å². The van der Waals surface area contributed by atoms with Gasteiger partial charge in [-0.25, -0.2) is 0 Å². The average molecular weight is 1870 g/mol. The van der Waals surface area contributed by atoms with Crippen LogP contribution in [0.25, 0.3) is 0 Å². The van der Waals surface area contributed by atoms with E-state index in [-0.39, 0.29) is 0 Å². The number of rotatable bonds is 48. The van der Waals surface area contributed by atoms with Crippen molar-refractivity contribution >= 4 is 185 Å². The van der Waals surface area contributed by atoms with Crippen molar-refractivity contribution in [2.45, 2.75) is 205 Å². The van der Waals surface area contributed by atoms with Gasteiger partial charge in [0.1, 0.15) is 0 Å². The van der Waals surface area contributed by atoms with Crippen LogP contribution >= 0.6 is 0 Å². The van der Waals surface area contributed by atoms with Crippen molar-refractivity contribution in [2.24, 2.45) is 0 Å². The molecule has 0 fully saturated rings. The van der Waals surface area contributed by atoms with E-state index in [4.69, 9.17) is 49.4 Å². The molecule has 0 spiro atoms. The van der Waals surface area contributed by atoms with E-state index in [1.165, 1.54) is 0 Å². The van der Waals surface area contributed by atoms with Crippen LogP contribution in [0.4, 0.5) is 0 Å². The Morgan fingerprint density at radius 1 is 0.171 bits per heavy atom. The molecule has 29 heteroatoms. The summed E-state index contributed by atoms with van der Waals surface area (Å²) < 4.78 is 94.3. The molecule has 0 heterocycles. The highest BCUT2D eigenvalue weighted by Crippen LogP contribution is 2.39. The summed E-state index contributed by atoms with van der Waals surface area (Å²) in [7, 11) is -49.3. The van der Waals surface area contributed by atoms with E-state index in [9.17, 15) is 0 Å². The van der Waals surface area contributed by atoms with E-state index in [2.05, 4.69) is 414 Å². The van der Waals surface area contributed by atoms with Gasteiger partial charge in [0.05, 0.1) is 0 Å². The SMILES string of the molecule is C=C[Si](C)(C)O[Si](O[Si](C)(C)C=C)(O[Si](C)(C)CC[Si](C)(C)O[Si](O[Si](C)(C)CC[Si](C)(C)O[Si](O[Si](C)(C)CC[Si](C)(C)O[Si](O[Si](C)(C)CC[Si](C)(C)O[Si](O[Si](C)(C)C=C)(O[Si](C)(C)C=C)c1ccccc1)(c1ccccc1)c1ccccc1)(c1ccccc1)c1ccccc1)(c1ccccc1)c1ccccc1)c1ccccc1.